The number of carbonyl (C=O) groups is 4. The number of amides is 3. The van der Waals surface area contributed by atoms with Crippen LogP contribution in [0.15, 0.2) is 60.7 Å². The molecule has 35 heavy (non-hydrogen) atoms. The van der Waals surface area contributed by atoms with Crippen LogP contribution in [-0.4, -0.2) is 30.3 Å². The Labute approximate surface area is 203 Å². The lowest BCUT2D eigenvalue weighted by molar-refractivity contribution is -0.124. The van der Waals surface area contributed by atoms with Gasteiger partial charge in [0, 0.05) is 11.3 Å². The second kappa shape index (κ2) is 8.18. The Morgan fingerprint density at radius 3 is 2.03 bits per heavy atom. The standard InChI is InChI=1S/C28H26N2O5/c1-2-13-35-28(34)16-3-7-17(8-4-16)29-25(31)15-5-9-18(10-6-15)30-26(32)23-19-11-12-20(22-14-21(19)22)24(23)27(30)33/h3-12,19-24H,2,13-14H2,1H3,(H,29,31)/t19-,20-,21-,22+,23+,24+/m0/s1. The number of esters is 1. The zero-order valence-electron chi connectivity index (χ0n) is 19.3. The Balaban J connectivity index is 1.13. The van der Waals surface area contributed by atoms with Gasteiger partial charge in [-0.15, -0.1) is 0 Å². The summed E-state index contributed by atoms with van der Waals surface area (Å²) in [5, 5.41) is 2.80. The third-order valence-corrected chi connectivity index (χ3v) is 7.87. The van der Waals surface area contributed by atoms with Crippen molar-refractivity contribution in [2.75, 3.05) is 16.8 Å². The van der Waals surface area contributed by atoms with Gasteiger partial charge in [-0.3, -0.25) is 19.3 Å². The topological polar surface area (TPSA) is 92.8 Å². The summed E-state index contributed by atoms with van der Waals surface area (Å²) >= 11 is 0. The molecule has 7 heteroatoms. The molecule has 7 rings (SSSR count). The highest BCUT2D eigenvalue weighted by Crippen LogP contribution is 2.65. The Morgan fingerprint density at radius 2 is 1.46 bits per heavy atom. The molecule has 3 amide bonds. The molecule has 1 aliphatic heterocycles. The summed E-state index contributed by atoms with van der Waals surface area (Å²) in [4.78, 5) is 52.5. The lowest BCUT2D eigenvalue weighted by Crippen LogP contribution is -2.40. The summed E-state index contributed by atoms with van der Waals surface area (Å²) in [5.74, 6) is 0.0506. The van der Waals surface area contributed by atoms with Crippen LogP contribution in [-0.2, 0) is 14.3 Å². The van der Waals surface area contributed by atoms with E-state index in [4.69, 9.17) is 4.74 Å². The van der Waals surface area contributed by atoms with E-state index in [0.29, 0.717) is 40.9 Å². The van der Waals surface area contributed by atoms with Crippen LogP contribution in [0.2, 0.25) is 0 Å². The first-order chi connectivity index (χ1) is 17.0. The molecule has 1 saturated heterocycles. The number of carbonyl (C=O) groups excluding carboxylic acids is 4. The monoisotopic (exact) mass is 470 g/mol. The number of imide groups is 1. The van der Waals surface area contributed by atoms with Crippen molar-refractivity contribution in [2.24, 2.45) is 35.5 Å². The maximum absolute atomic E-state index is 13.3. The lowest BCUT2D eigenvalue weighted by atomic mass is 9.63. The van der Waals surface area contributed by atoms with E-state index in [1.807, 2.05) is 6.92 Å². The van der Waals surface area contributed by atoms with Crippen LogP contribution in [0.3, 0.4) is 0 Å². The van der Waals surface area contributed by atoms with Crippen LogP contribution in [0.5, 0.6) is 0 Å². The minimum Gasteiger partial charge on any atom is -0.462 e. The summed E-state index contributed by atoms with van der Waals surface area (Å²) in [6.07, 6.45) is 6.19. The second-order valence-electron chi connectivity index (χ2n) is 9.88. The number of rotatable bonds is 6. The summed E-state index contributed by atoms with van der Waals surface area (Å²) in [7, 11) is 0. The summed E-state index contributed by atoms with van der Waals surface area (Å²) in [6, 6.07) is 13.0. The normalized spacial score (nSPS) is 29.6. The summed E-state index contributed by atoms with van der Waals surface area (Å²) < 4.78 is 5.11. The van der Waals surface area contributed by atoms with E-state index in [2.05, 4.69) is 17.5 Å². The number of allylic oxidation sites excluding steroid dienone is 2. The van der Waals surface area contributed by atoms with Gasteiger partial charge in [0.1, 0.15) is 0 Å². The molecule has 0 aromatic heterocycles. The number of benzene rings is 2. The van der Waals surface area contributed by atoms with E-state index in [-0.39, 0.29) is 41.4 Å². The van der Waals surface area contributed by atoms with Crippen LogP contribution >= 0.6 is 0 Å². The van der Waals surface area contributed by atoms with E-state index in [1.54, 1.807) is 48.5 Å². The van der Waals surface area contributed by atoms with Crippen LogP contribution in [0.4, 0.5) is 11.4 Å². The average Bonchev–Trinajstić information content (AvgIpc) is 3.66. The van der Waals surface area contributed by atoms with Gasteiger partial charge in [0.2, 0.25) is 11.8 Å². The van der Waals surface area contributed by atoms with E-state index in [9.17, 15) is 19.2 Å². The van der Waals surface area contributed by atoms with Crippen molar-refractivity contribution in [3.63, 3.8) is 0 Å². The average molecular weight is 471 g/mol. The quantitative estimate of drug-likeness (QED) is 0.390. The number of nitrogens with zero attached hydrogens (tertiary/aromatic N) is 1. The molecule has 7 nitrogen and oxygen atoms in total. The first-order valence-corrected chi connectivity index (χ1v) is 12.2. The van der Waals surface area contributed by atoms with Crippen molar-refractivity contribution in [3.05, 3.63) is 71.8 Å². The molecule has 2 aromatic carbocycles. The molecule has 6 atom stereocenters. The van der Waals surface area contributed by atoms with Gasteiger partial charge in [-0.05, 0) is 85.0 Å². The van der Waals surface area contributed by atoms with Gasteiger partial charge in [0.15, 0.2) is 0 Å². The minimum atomic E-state index is -0.396. The SMILES string of the molecule is CCCOC(=O)c1ccc(NC(=O)c2ccc(N3C(=O)[C@@H]4[C@H]5C=C[C@@H]([C@@H]6C[C@H]56)[C@H]4C3=O)cc2)cc1. The van der Waals surface area contributed by atoms with Gasteiger partial charge >= 0.3 is 5.97 Å². The maximum atomic E-state index is 13.3. The molecule has 1 heterocycles. The molecule has 0 spiro atoms. The van der Waals surface area contributed by atoms with Crippen LogP contribution in [0.1, 0.15) is 40.5 Å². The lowest BCUT2D eigenvalue weighted by Gasteiger charge is -2.37. The molecule has 5 aliphatic rings. The molecule has 2 saturated carbocycles. The molecule has 2 aromatic rings. The number of hydrogen-bond donors (Lipinski definition) is 1. The molecule has 1 N–H and O–H groups in total. The highest BCUT2D eigenvalue weighted by Gasteiger charge is 2.67. The summed E-state index contributed by atoms with van der Waals surface area (Å²) in [6.45, 7) is 2.29. The highest BCUT2D eigenvalue weighted by atomic mass is 16.5. The second-order valence-corrected chi connectivity index (χ2v) is 9.88. The van der Waals surface area contributed by atoms with Crippen molar-refractivity contribution in [3.8, 4) is 0 Å². The fourth-order valence-corrected chi connectivity index (χ4v) is 6.14. The Morgan fingerprint density at radius 1 is 0.886 bits per heavy atom. The molecule has 0 unspecified atom stereocenters. The largest absolute Gasteiger partial charge is 0.462 e. The number of ether oxygens (including phenoxy) is 1. The van der Waals surface area contributed by atoms with Gasteiger partial charge in [-0.2, -0.15) is 0 Å². The molecule has 2 bridgehead atoms. The highest BCUT2D eigenvalue weighted by molar-refractivity contribution is 6.22. The third-order valence-electron chi connectivity index (χ3n) is 7.87. The van der Waals surface area contributed by atoms with Crippen LogP contribution in [0, 0.1) is 35.5 Å². The molecule has 0 radical (unpaired) electrons. The van der Waals surface area contributed by atoms with Crippen LogP contribution in [0.25, 0.3) is 0 Å². The third kappa shape index (κ3) is 3.49. The maximum Gasteiger partial charge on any atom is 0.338 e. The smallest absolute Gasteiger partial charge is 0.338 e. The van der Waals surface area contributed by atoms with Crippen LogP contribution < -0.4 is 10.2 Å². The molecular weight excluding hydrogens is 444 g/mol. The zero-order valence-corrected chi connectivity index (χ0v) is 19.3. The van der Waals surface area contributed by atoms with Crippen molar-refractivity contribution < 1.29 is 23.9 Å². The Kier molecular flexibility index (Phi) is 5.09. The molecule has 3 fully saturated rings. The van der Waals surface area contributed by atoms with Gasteiger partial charge in [-0.25, -0.2) is 4.79 Å². The van der Waals surface area contributed by atoms with E-state index in [1.165, 1.54) is 4.90 Å². The minimum absolute atomic E-state index is 0.112. The van der Waals surface area contributed by atoms with Gasteiger partial charge in [0.25, 0.3) is 5.91 Å². The first-order valence-electron chi connectivity index (χ1n) is 12.2. The van der Waals surface area contributed by atoms with E-state index in [0.717, 1.165) is 12.8 Å². The van der Waals surface area contributed by atoms with E-state index >= 15 is 0 Å². The Bertz CT molecular complexity index is 1210. The van der Waals surface area contributed by atoms with Crippen molar-refractivity contribution in [1.82, 2.24) is 0 Å². The van der Waals surface area contributed by atoms with Crippen molar-refractivity contribution in [2.45, 2.75) is 19.8 Å². The zero-order chi connectivity index (χ0) is 24.3. The van der Waals surface area contributed by atoms with Gasteiger partial charge in [0.05, 0.1) is 29.7 Å². The Hall–Kier alpha value is -3.74. The number of nitrogens with one attached hydrogen (secondary N) is 1. The predicted molar refractivity (Wildman–Crippen MR) is 129 cm³/mol. The van der Waals surface area contributed by atoms with E-state index < -0.39 is 5.97 Å². The van der Waals surface area contributed by atoms with Gasteiger partial charge in [-0.1, -0.05) is 19.1 Å². The fourth-order valence-electron chi connectivity index (χ4n) is 6.14. The van der Waals surface area contributed by atoms with Crippen molar-refractivity contribution >= 4 is 35.1 Å². The predicted octanol–water partition coefficient (Wildman–Crippen LogP) is 4.06. The number of hydrogen-bond acceptors (Lipinski definition) is 5. The van der Waals surface area contributed by atoms with Gasteiger partial charge < -0.3 is 10.1 Å². The number of anilines is 2. The fraction of sp³-hybridized carbons (Fsp3) is 0.357. The summed E-state index contributed by atoms with van der Waals surface area (Å²) in [5.41, 5.74) is 1.87. The molecule has 4 aliphatic carbocycles. The molecule has 178 valence electrons. The van der Waals surface area contributed by atoms with Crippen molar-refractivity contribution in [1.29, 1.82) is 0 Å². The molecular formula is C28H26N2O5. The first kappa shape index (κ1) is 21.8.